The average Bonchev–Trinajstić information content (AvgIpc) is 3.15. The molecular formula is C16H20N4O3S. The molecule has 0 unspecified atom stereocenters. The van der Waals surface area contributed by atoms with Crippen molar-refractivity contribution < 1.29 is 13.2 Å². The molecule has 1 aliphatic rings. The van der Waals surface area contributed by atoms with Crippen LogP contribution >= 0.6 is 0 Å². The van der Waals surface area contributed by atoms with Gasteiger partial charge in [0, 0.05) is 37.6 Å². The summed E-state index contributed by atoms with van der Waals surface area (Å²) in [6.45, 7) is 1.21. The lowest BCUT2D eigenvalue weighted by Crippen LogP contribution is -2.27. The van der Waals surface area contributed by atoms with Crippen molar-refractivity contribution in [3.63, 3.8) is 0 Å². The smallest absolute Gasteiger partial charge is 0.232 e. The van der Waals surface area contributed by atoms with E-state index in [4.69, 9.17) is 0 Å². The zero-order valence-electron chi connectivity index (χ0n) is 13.5. The number of nitrogens with one attached hydrogen (secondary N) is 1. The van der Waals surface area contributed by atoms with Crippen LogP contribution in [0.15, 0.2) is 36.9 Å². The van der Waals surface area contributed by atoms with E-state index in [-0.39, 0.29) is 5.91 Å². The highest BCUT2D eigenvalue weighted by Crippen LogP contribution is 2.32. The van der Waals surface area contributed by atoms with Crippen LogP contribution in [0, 0.1) is 0 Å². The van der Waals surface area contributed by atoms with Crippen LogP contribution < -0.4 is 9.62 Å². The topological polar surface area (TPSA) is 84.3 Å². The molecule has 1 aromatic heterocycles. The molecule has 8 heteroatoms. The summed E-state index contributed by atoms with van der Waals surface area (Å²) >= 11 is 0. The molecule has 1 aromatic carbocycles. The number of carbonyl (C=O) groups is 1. The number of rotatable bonds is 6. The third-order valence-electron chi connectivity index (χ3n) is 4.00. The van der Waals surface area contributed by atoms with Crippen molar-refractivity contribution in [1.82, 2.24) is 9.55 Å². The lowest BCUT2D eigenvalue weighted by atomic mass is 10.1. The second-order valence-corrected chi connectivity index (χ2v) is 7.79. The molecule has 7 nitrogen and oxygen atoms in total. The van der Waals surface area contributed by atoms with Crippen LogP contribution in [0.1, 0.15) is 18.4 Å². The van der Waals surface area contributed by atoms with E-state index in [1.54, 1.807) is 24.7 Å². The molecule has 128 valence electrons. The van der Waals surface area contributed by atoms with Gasteiger partial charge < -0.3 is 9.88 Å². The first-order chi connectivity index (χ1) is 11.4. The lowest BCUT2D eigenvalue weighted by Gasteiger charge is -2.16. The van der Waals surface area contributed by atoms with Crippen molar-refractivity contribution in [1.29, 1.82) is 0 Å². The molecule has 0 saturated heterocycles. The number of hydrogen-bond acceptors (Lipinski definition) is 4. The predicted octanol–water partition coefficient (Wildman–Crippen LogP) is 1.62. The van der Waals surface area contributed by atoms with Crippen molar-refractivity contribution in [2.75, 3.05) is 22.4 Å². The van der Waals surface area contributed by atoms with E-state index < -0.39 is 10.0 Å². The Morgan fingerprint density at radius 2 is 2.21 bits per heavy atom. The molecule has 2 heterocycles. The molecule has 0 fully saturated rings. The van der Waals surface area contributed by atoms with Crippen LogP contribution in [-0.2, 0) is 27.8 Å². The molecule has 1 N–H and O–H groups in total. The molecule has 0 aliphatic carbocycles. The molecule has 2 aromatic rings. The Hall–Kier alpha value is -2.35. The van der Waals surface area contributed by atoms with Crippen molar-refractivity contribution in [2.24, 2.45) is 0 Å². The summed E-state index contributed by atoms with van der Waals surface area (Å²) in [4.78, 5) is 16.0. The van der Waals surface area contributed by atoms with Crippen LogP contribution in [0.2, 0.25) is 0 Å². The molecule has 0 bridgehead atoms. The SMILES string of the molecule is CS(=O)(=O)N1CCc2cc(NC(=O)CCCn3ccnc3)ccc21. The fourth-order valence-corrected chi connectivity index (χ4v) is 3.82. The molecule has 24 heavy (non-hydrogen) atoms. The number of benzene rings is 1. The summed E-state index contributed by atoms with van der Waals surface area (Å²) in [5.41, 5.74) is 2.35. The minimum atomic E-state index is -3.25. The first-order valence-corrected chi connectivity index (χ1v) is 9.64. The zero-order chi connectivity index (χ0) is 17.2. The molecule has 1 aliphatic heterocycles. The summed E-state index contributed by atoms with van der Waals surface area (Å²) in [6, 6.07) is 5.36. The number of nitrogens with zero attached hydrogens (tertiary/aromatic N) is 3. The van der Waals surface area contributed by atoms with Crippen molar-refractivity contribution in [3.8, 4) is 0 Å². The quantitative estimate of drug-likeness (QED) is 0.860. The molecule has 0 spiro atoms. The van der Waals surface area contributed by atoms with Gasteiger partial charge in [0.1, 0.15) is 0 Å². The second kappa shape index (κ2) is 6.64. The zero-order valence-corrected chi connectivity index (χ0v) is 14.3. The van der Waals surface area contributed by atoms with Gasteiger partial charge in [-0.2, -0.15) is 0 Å². The van der Waals surface area contributed by atoms with Gasteiger partial charge in [-0.1, -0.05) is 0 Å². The van der Waals surface area contributed by atoms with E-state index in [9.17, 15) is 13.2 Å². The summed E-state index contributed by atoms with van der Waals surface area (Å²) in [7, 11) is -3.25. The van der Waals surface area contributed by atoms with Gasteiger partial charge >= 0.3 is 0 Å². The van der Waals surface area contributed by atoms with E-state index >= 15 is 0 Å². The maximum absolute atomic E-state index is 12.0. The largest absolute Gasteiger partial charge is 0.337 e. The minimum absolute atomic E-state index is 0.0481. The number of hydrogen-bond donors (Lipinski definition) is 1. The summed E-state index contributed by atoms with van der Waals surface area (Å²) in [5.74, 6) is -0.0481. The van der Waals surface area contributed by atoms with Gasteiger partial charge in [0.05, 0.1) is 18.3 Å². The van der Waals surface area contributed by atoms with E-state index in [1.165, 1.54) is 10.6 Å². The first-order valence-electron chi connectivity index (χ1n) is 7.80. The van der Waals surface area contributed by atoms with E-state index in [2.05, 4.69) is 10.3 Å². The number of sulfonamides is 1. The van der Waals surface area contributed by atoms with Crippen molar-refractivity contribution in [3.05, 3.63) is 42.5 Å². The summed E-state index contributed by atoms with van der Waals surface area (Å²) in [6.07, 6.45) is 8.33. The number of carbonyl (C=O) groups excluding carboxylic acids is 1. The highest BCUT2D eigenvalue weighted by Gasteiger charge is 2.26. The van der Waals surface area contributed by atoms with Gasteiger partial charge in [0.15, 0.2) is 0 Å². The number of anilines is 2. The number of aromatic nitrogens is 2. The number of aryl methyl sites for hydroxylation is 1. The van der Waals surface area contributed by atoms with Gasteiger partial charge in [0.25, 0.3) is 0 Å². The van der Waals surface area contributed by atoms with Crippen LogP contribution in [0.4, 0.5) is 11.4 Å². The van der Waals surface area contributed by atoms with Crippen LogP contribution in [-0.4, -0.2) is 36.7 Å². The number of amides is 1. The molecule has 0 radical (unpaired) electrons. The Balaban J connectivity index is 1.57. The van der Waals surface area contributed by atoms with Gasteiger partial charge in [-0.15, -0.1) is 0 Å². The molecule has 1 amide bonds. The fraction of sp³-hybridized carbons (Fsp3) is 0.375. The van der Waals surface area contributed by atoms with Gasteiger partial charge in [-0.25, -0.2) is 13.4 Å². The molecule has 3 rings (SSSR count). The second-order valence-electron chi connectivity index (χ2n) is 5.88. The lowest BCUT2D eigenvalue weighted by molar-refractivity contribution is -0.116. The third-order valence-corrected chi connectivity index (χ3v) is 5.18. The van der Waals surface area contributed by atoms with E-state index in [0.717, 1.165) is 18.5 Å². The maximum Gasteiger partial charge on any atom is 0.232 e. The molecule has 0 atom stereocenters. The van der Waals surface area contributed by atoms with Gasteiger partial charge in [-0.05, 0) is 36.6 Å². The molecular weight excluding hydrogens is 328 g/mol. The maximum atomic E-state index is 12.0. The van der Waals surface area contributed by atoms with Crippen molar-refractivity contribution in [2.45, 2.75) is 25.8 Å². The Labute approximate surface area is 141 Å². The Kier molecular flexibility index (Phi) is 4.57. The minimum Gasteiger partial charge on any atom is -0.337 e. The van der Waals surface area contributed by atoms with Crippen LogP contribution in [0.5, 0.6) is 0 Å². The standard InChI is InChI=1S/C16H20N4O3S/c1-24(22,23)20-9-6-13-11-14(4-5-15(13)20)18-16(21)3-2-8-19-10-7-17-12-19/h4-5,7,10-12H,2-3,6,8-9H2,1H3,(H,18,21). The van der Waals surface area contributed by atoms with Gasteiger partial charge in [-0.3, -0.25) is 9.10 Å². The van der Waals surface area contributed by atoms with Gasteiger partial charge in [0.2, 0.25) is 15.9 Å². The number of imidazole rings is 1. The third kappa shape index (κ3) is 3.76. The van der Waals surface area contributed by atoms with E-state index in [1.807, 2.05) is 16.8 Å². The van der Waals surface area contributed by atoms with Crippen molar-refractivity contribution >= 4 is 27.3 Å². The number of fused-ring (bicyclic) bond motifs is 1. The van der Waals surface area contributed by atoms with E-state index in [0.29, 0.717) is 30.8 Å². The monoisotopic (exact) mass is 348 g/mol. The Bertz CT molecular complexity index is 831. The Morgan fingerprint density at radius 1 is 1.38 bits per heavy atom. The van der Waals surface area contributed by atoms with Crippen LogP contribution in [0.25, 0.3) is 0 Å². The summed E-state index contributed by atoms with van der Waals surface area (Å²) < 4.78 is 26.8. The predicted molar refractivity (Wildman–Crippen MR) is 92.4 cm³/mol. The average molecular weight is 348 g/mol. The molecule has 0 saturated carbocycles. The Morgan fingerprint density at radius 3 is 2.92 bits per heavy atom. The highest BCUT2D eigenvalue weighted by molar-refractivity contribution is 7.92. The highest BCUT2D eigenvalue weighted by atomic mass is 32.2. The van der Waals surface area contributed by atoms with Crippen LogP contribution in [0.3, 0.4) is 0 Å². The normalized spacial score (nSPS) is 13.8. The fourth-order valence-electron chi connectivity index (χ4n) is 2.86. The first kappa shape index (κ1) is 16.5. The summed E-state index contributed by atoms with van der Waals surface area (Å²) in [5, 5.41) is 2.87.